The number of ether oxygens (including phenoxy) is 1. The highest BCUT2D eigenvalue weighted by molar-refractivity contribution is 5.27. The van der Waals surface area contributed by atoms with Gasteiger partial charge in [-0.05, 0) is 43.5 Å². The first-order valence-electron chi connectivity index (χ1n) is 6.86. The molecule has 0 aliphatic heterocycles. The zero-order valence-corrected chi connectivity index (χ0v) is 10.9. The molecular weight excluding hydrogens is 226 g/mol. The highest BCUT2D eigenvalue weighted by Gasteiger charge is 2.29. The lowest BCUT2D eigenvalue weighted by Gasteiger charge is -2.31. The van der Waals surface area contributed by atoms with E-state index in [4.69, 9.17) is 10.5 Å². The van der Waals surface area contributed by atoms with Gasteiger partial charge in [0, 0.05) is 0 Å². The Morgan fingerprint density at radius 1 is 1.11 bits per heavy atom. The summed E-state index contributed by atoms with van der Waals surface area (Å²) in [4.78, 5) is 0. The minimum atomic E-state index is -0.617. The second kappa shape index (κ2) is 6.21. The summed E-state index contributed by atoms with van der Waals surface area (Å²) >= 11 is 0. The van der Waals surface area contributed by atoms with E-state index >= 15 is 0 Å². The highest BCUT2D eigenvalue weighted by Crippen LogP contribution is 2.28. The first kappa shape index (κ1) is 13.4. The Kier molecular flexibility index (Phi) is 4.61. The lowest BCUT2D eigenvalue weighted by Crippen LogP contribution is -2.37. The zero-order valence-electron chi connectivity index (χ0n) is 10.9. The molecule has 1 saturated carbocycles. The van der Waals surface area contributed by atoms with E-state index in [2.05, 4.69) is 0 Å². The van der Waals surface area contributed by atoms with Gasteiger partial charge in [0.05, 0.1) is 5.60 Å². The summed E-state index contributed by atoms with van der Waals surface area (Å²) in [6.45, 7) is 1.07. The maximum atomic E-state index is 10.3. The largest absolute Gasteiger partial charge is 0.491 e. The van der Waals surface area contributed by atoms with Gasteiger partial charge >= 0.3 is 0 Å². The minimum absolute atomic E-state index is 0.406. The molecule has 100 valence electrons. The number of hydrogen-bond donors (Lipinski definition) is 2. The molecule has 0 atom stereocenters. The molecule has 3 N–H and O–H groups in total. The van der Waals surface area contributed by atoms with Gasteiger partial charge in [-0.15, -0.1) is 0 Å². The van der Waals surface area contributed by atoms with Crippen LogP contribution in [0, 0.1) is 0 Å². The van der Waals surface area contributed by atoms with Gasteiger partial charge in [0.1, 0.15) is 12.4 Å². The topological polar surface area (TPSA) is 55.5 Å². The molecule has 0 spiro atoms. The summed E-state index contributed by atoms with van der Waals surface area (Å²) in [5, 5.41) is 10.3. The number of nitrogens with two attached hydrogens (primary N) is 1. The number of aliphatic hydroxyl groups is 1. The van der Waals surface area contributed by atoms with Crippen LogP contribution in [0.2, 0.25) is 0 Å². The van der Waals surface area contributed by atoms with Gasteiger partial charge in [-0.3, -0.25) is 0 Å². The molecule has 1 aromatic carbocycles. The van der Waals surface area contributed by atoms with Crippen LogP contribution in [-0.4, -0.2) is 23.9 Å². The zero-order chi connectivity index (χ0) is 12.8. The van der Waals surface area contributed by atoms with Gasteiger partial charge < -0.3 is 15.6 Å². The fraction of sp³-hybridized carbons (Fsp3) is 0.600. The molecule has 3 nitrogen and oxygen atoms in total. The summed E-state index contributed by atoms with van der Waals surface area (Å²) < 4.78 is 5.70. The maximum Gasteiger partial charge on any atom is 0.119 e. The first-order chi connectivity index (χ1) is 8.72. The third-order valence-corrected chi connectivity index (χ3v) is 3.65. The molecule has 0 unspecified atom stereocenters. The molecule has 0 aromatic heterocycles. The fourth-order valence-electron chi connectivity index (χ4n) is 2.49. The second-order valence-corrected chi connectivity index (χ2v) is 5.26. The molecule has 0 saturated heterocycles. The molecule has 1 aromatic rings. The highest BCUT2D eigenvalue weighted by atomic mass is 16.5. The van der Waals surface area contributed by atoms with Crippen molar-refractivity contribution in [1.29, 1.82) is 0 Å². The average Bonchev–Trinajstić information content (AvgIpc) is 2.39. The lowest BCUT2D eigenvalue weighted by molar-refractivity contribution is -0.0339. The molecule has 0 heterocycles. The van der Waals surface area contributed by atoms with Crippen LogP contribution in [0.25, 0.3) is 0 Å². The van der Waals surface area contributed by atoms with Crippen LogP contribution in [0.5, 0.6) is 5.75 Å². The molecule has 1 aliphatic rings. The Labute approximate surface area is 109 Å². The summed E-state index contributed by atoms with van der Waals surface area (Å²) in [5.41, 5.74) is 6.11. The van der Waals surface area contributed by atoms with Crippen LogP contribution in [0.15, 0.2) is 24.3 Å². The number of rotatable bonds is 5. The number of benzene rings is 1. The van der Waals surface area contributed by atoms with Crippen molar-refractivity contribution >= 4 is 0 Å². The Bertz CT molecular complexity index is 355. The molecule has 2 rings (SSSR count). The van der Waals surface area contributed by atoms with E-state index in [1.165, 1.54) is 12.0 Å². The van der Waals surface area contributed by atoms with Crippen molar-refractivity contribution in [3.8, 4) is 5.75 Å². The van der Waals surface area contributed by atoms with E-state index in [1.807, 2.05) is 24.3 Å². The van der Waals surface area contributed by atoms with Crippen LogP contribution in [0.1, 0.15) is 37.7 Å². The average molecular weight is 249 g/mol. The van der Waals surface area contributed by atoms with Crippen LogP contribution in [0.3, 0.4) is 0 Å². The molecule has 0 radical (unpaired) electrons. The molecule has 1 aliphatic carbocycles. The Morgan fingerprint density at radius 2 is 1.78 bits per heavy atom. The molecule has 0 amide bonds. The van der Waals surface area contributed by atoms with Crippen LogP contribution < -0.4 is 10.5 Å². The van der Waals surface area contributed by atoms with Gasteiger partial charge in [0.2, 0.25) is 0 Å². The van der Waals surface area contributed by atoms with Gasteiger partial charge in [0.25, 0.3) is 0 Å². The monoisotopic (exact) mass is 249 g/mol. The van der Waals surface area contributed by atoms with E-state index in [0.717, 1.165) is 37.9 Å². The lowest BCUT2D eigenvalue weighted by atomic mass is 9.85. The van der Waals surface area contributed by atoms with E-state index in [1.54, 1.807) is 0 Å². The normalized spacial score (nSPS) is 18.6. The van der Waals surface area contributed by atoms with Gasteiger partial charge in [-0.25, -0.2) is 0 Å². The third kappa shape index (κ3) is 3.72. The van der Waals surface area contributed by atoms with Gasteiger partial charge in [0.15, 0.2) is 0 Å². The Morgan fingerprint density at radius 3 is 2.39 bits per heavy atom. The van der Waals surface area contributed by atoms with Gasteiger partial charge in [-0.1, -0.05) is 31.4 Å². The van der Waals surface area contributed by atoms with Crippen molar-refractivity contribution in [3.63, 3.8) is 0 Å². The quantitative estimate of drug-likeness (QED) is 0.841. The molecular formula is C15H23NO2. The maximum absolute atomic E-state index is 10.3. The fourth-order valence-corrected chi connectivity index (χ4v) is 2.49. The standard InChI is InChI=1S/C15H23NO2/c16-11-8-13-4-6-14(7-5-13)18-12-15(17)9-2-1-3-10-15/h4-7,17H,1-3,8-12,16H2. The summed E-state index contributed by atoms with van der Waals surface area (Å²) in [6, 6.07) is 7.98. The van der Waals surface area contributed by atoms with Crippen molar-refractivity contribution in [2.45, 2.75) is 44.1 Å². The Hall–Kier alpha value is -1.06. The molecule has 18 heavy (non-hydrogen) atoms. The summed E-state index contributed by atoms with van der Waals surface area (Å²) in [5.74, 6) is 0.828. The predicted octanol–water partition coefficient (Wildman–Crippen LogP) is 2.26. The smallest absolute Gasteiger partial charge is 0.119 e. The van der Waals surface area contributed by atoms with Crippen LogP contribution in [-0.2, 0) is 6.42 Å². The number of hydrogen-bond acceptors (Lipinski definition) is 3. The SMILES string of the molecule is NCCc1ccc(OCC2(O)CCCCC2)cc1. The third-order valence-electron chi connectivity index (χ3n) is 3.65. The predicted molar refractivity (Wildman–Crippen MR) is 72.7 cm³/mol. The molecule has 3 heteroatoms. The molecule has 0 bridgehead atoms. The van der Waals surface area contributed by atoms with Crippen molar-refractivity contribution in [3.05, 3.63) is 29.8 Å². The second-order valence-electron chi connectivity index (χ2n) is 5.26. The van der Waals surface area contributed by atoms with Crippen LogP contribution >= 0.6 is 0 Å². The van der Waals surface area contributed by atoms with Crippen LogP contribution in [0.4, 0.5) is 0 Å². The molecule has 1 fully saturated rings. The van der Waals surface area contributed by atoms with Crippen molar-refractivity contribution in [2.24, 2.45) is 5.73 Å². The van der Waals surface area contributed by atoms with E-state index < -0.39 is 5.60 Å². The van der Waals surface area contributed by atoms with E-state index in [0.29, 0.717) is 13.2 Å². The van der Waals surface area contributed by atoms with Crippen molar-refractivity contribution < 1.29 is 9.84 Å². The van der Waals surface area contributed by atoms with Crippen molar-refractivity contribution in [2.75, 3.05) is 13.2 Å². The summed E-state index contributed by atoms with van der Waals surface area (Å²) in [6.07, 6.45) is 6.06. The van der Waals surface area contributed by atoms with Crippen molar-refractivity contribution in [1.82, 2.24) is 0 Å². The van der Waals surface area contributed by atoms with E-state index in [-0.39, 0.29) is 0 Å². The Balaban J connectivity index is 1.85. The minimum Gasteiger partial charge on any atom is -0.491 e. The summed E-state index contributed by atoms with van der Waals surface area (Å²) in [7, 11) is 0. The van der Waals surface area contributed by atoms with E-state index in [9.17, 15) is 5.11 Å². The van der Waals surface area contributed by atoms with Gasteiger partial charge in [-0.2, -0.15) is 0 Å². The first-order valence-corrected chi connectivity index (χ1v) is 6.86.